The summed E-state index contributed by atoms with van der Waals surface area (Å²) in [6, 6.07) is 4.82. The molecule has 5 nitrogen and oxygen atoms in total. The van der Waals surface area contributed by atoms with Crippen LogP contribution in [0.3, 0.4) is 0 Å². The van der Waals surface area contributed by atoms with E-state index >= 15 is 0 Å². The third kappa shape index (κ3) is 2.60. The lowest BCUT2D eigenvalue weighted by molar-refractivity contribution is 0.0240. The van der Waals surface area contributed by atoms with Gasteiger partial charge < -0.3 is 15.2 Å². The molecule has 6 heteroatoms. The molecule has 3 rings (SSSR count). The number of benzene rings is 1. The molecule has 0 atom stereocenters. The zero-order chi connectivity index (χ0) is 13.9. The number of hydrogen-bond donors (Lipinski definition) is 2. The van der Waals surface area contributed by atoms with Gasteiger partial charge in [-0.25, -0.2) is 4.39 Å². The lowest BCUT2D eigenvalue weighted by Crippen LogP contribution is -2.26. The molecule has 2 heterocycles. The van der Waals surface area contributed by atoms with Crippen LogP contribution in [0.4, 0.5) is 10.2 Å². The maximum atomic E-state index is 14.1. The van der Waals surface area contributed by atoms with E-state index in [4.69, 9.17) is 15.2 Å². The van der Waals surface area contributed by atoms with Crippen LogP contribution in [-0.4, -0.2) is 29.5 Å². The molecule has 3 N–H and O–H groups in total. The van der Waals surface area contributed by atoms with Crippen molar-refractivity contribution in [3.05, 3.63) is 30.2 Å². The second kappa shape index (κ2) is 5.50. The maximum absolute atomic E-state index is 14.1. The first kappa shape index (κ1) is 12.9. The minimum absolute atomic E-state index is 0.0168. The van der Waals surface area contributed by atoms with Gasteiger partial charge in [0, 0.05) is 18.4 Å². The smallest absolute Gasteiger partial charge is 0.165 e. The van der Waals surface area contributed by atoms with Crippen molar-refractivity contribution in [2.24, 2.45) is 0 Å². The molecular weight excluding hydrogens is 261 g/mol. The van der Waals surface area contributed by atoms with Gasteiger partial charge in [-0.05, 0) is 17.7 Å². The second-order valence-electron chi connectivity index (χ2n) is 4.77. The molecule has 1 aromatic heterocycles. The summed E-state index contributed by atoms with van der Waals surface area (Å²) >= 11 is 0. The number of nitrogens with one attached hydrogen (secondary N) is 1. The normalized spacial score (nSPS) is 16.2. The molecule has 1 aliphatic rings. The molecule has 1 saturated heterocycles. The first-order valence-corrected chi connectivity index (χ1v) is 6.57. The van der Waals surface area contributed by atoms with Crippen LogP contribution in [0.25, 0.3) is 11.1 Å². The van der Waals surface area contributed by atoms with Gasteiger partial charge in [-0.15, -0.1) is 0 Å². The molecule has 0 saturated carbocycles. The van der Waals surface area contributed by atoms with Crippen molar-refractivity contribution in [3.63, 3.8) is 0 Å². The number of nitrogens with two attached hydrogens (primary N) is 1. The van der Waals surface area contributed by atoms with Crippen molar-refractivity contribution in [3.8, 4) is 16.9 Å². The SMILES string of the molecule is Nc1[nH]ncc1-c1ccc(OC2CCOCC2)c(F)c1. The van der Waals surface area contributed by atoms with E-state index in [9.17, 15) is 4.39 Å². The van der Waals surface area contributed by atoms with E-state index in [1.165, 1.54) is 6.07 Å². The first-order chi connectivity index (χ1) is 9.74. The van der Waals surface area contributed by atoms with Gasteiger partial charge in [-0.1, -0.05) is 6.07 Å². The maximum Gasteiger partial charge on any atom is 0.165 e. The summed E-state index contributed by atoms with van der Waals surface area (Å²) in [6.45, 7) is 1.33. The highest BCUT2D eigenvalue weighted by molar-refractivity contribution is 5.73. The number of H-pyrrole nitrogens is 1. The molecule has 0 bridgehead atoms. The van der Waals surface area contributed by atoms with E-state index in [1.54, 1.807) is 18.3 Å². The Balaban J connectivity index is 1.79. The molecule has 0 spiro atoms. The molecule has 106 valence electrons. The predicted molar refractivity (Wildman–Crippen MR) is 72.9 cm³/mol. The molecule has 2 aromatic rings. The van der Waals surface area contributed by atoms with Gasteiger partial charge in [-0.3, -0.25) is 5.10 Å². The molecule has 0 unspecified atom stereocenters. The zero-order valence-electron chi connectivity index (χ0n) is 10.9. The van der Waals surface area contributed by atoms with Crippen LogP contribution in [-0.2, 0) is 4.74 Å². The van der Waals surface area contributed by atoms with Gasteiger partial charge in [0.25, 0.3) is 0 Å². The van der Waals surface area contributed by atoms with E-state index < -0.39 is 5.82 Å². The fraction of sp³-hybridized carbons (Fsp3) is 0.357. The quantitative estimate of drug-likeness (QED) is 0.903. The molecule has 20 heavy (non-hydrogen) atoms. The second-order valence-corrected chi connectivity index (χ2v) is 4.77. The van der Waals surface area contributed by atoms with E-state index in [2.05, 4.69) is 10.2 Å². The number of nitrogen functional groups attached to an aromatic ring is 1. The average Bonchev–Trinajstić information content (AvgIpc) is 2.88. The third-order valence-corrected chi connectivity index (χ3v) is 3.37. The number of anilines is 1. The van der Waals surface area contributed by atoms with Gasteiger partial charge in [0.1, 0.15) is 11.9 Å². The average molecular weight is 277 g/mol. The molecule has 0 aliphatic carbocycles. The summed E-state index contributed by atoms with van der Waals surface area (Å²) in [5, 5.41) is 6.45. The van der Waals surface area contributed by atoms with Crippen molar-refractivity contribution in [1.29, 1.82) is 0 Å². The van der Waals surface area contributed by atoms with Crippen molar-refractivity contribution < 1.29 is 13.9 Å². The van der Waals surface area contributed by atoms with Crippen molar-refractivity contribution >= 4 is 5.82 Å². The lowest BCUT2D eigenvalue weighted by atomic mass is 10.1. The van der Waals surface area contributed by atoms with Crippen LogP contribution in [0.1, 0.15) is 12.8 Å². The van der Waals surface area contributed by atoms with E-state index in [1.807, 2.05) is 0 Å². The number of nitrogens with zero attached hydrogens (tertiary/aromatic N) is 1. The predicted octanol–water partition coefficient (Wildman–Crippen LogP) is 2.36. The lowest BCUT2D eigenvalue weighted by Gasteiger charge is -2.23. The van der Waals surface area contributed by atoms with Gasteiger partial charge in [0.05, 0.1) is 19.4 Å². The Kier molecular flexibility index (Phi) is 3.56. The minimum atomic E-state index is -0.394. The molecular formula is C14H16FN3O2. The van der Waals surface area contributed by atoms with Crippen LogP contribution in [0.5, 0.6) is 5.75 Å². The highest BCUT2D eigenvalue weighted by Crippen LogP contribution is 2.29. The van der Waals surface area contributed by atoms with Crippen LogP contribution in [0.15, 0.2) is 24.4 Å². The Bertz CT molecular complexity index is 594. The van der Waals surface area contributed by atoms with Gasteiger partial charge in [0.2, 0.25) is 0 Å². The molecule has 1 aliphatic heterocycles. The molecule has 0 radical (unpaired) electrons. The van der Waals surface area contributed by atoms with Gasteiger partial charge in [0.15, 0.2) is 11.6 Å². The summed E-state index contributed by atoms with van der Waals surface area (Å²) in [6.07, 6.45) is 3.16. The monoisotopic (exact) mass is 277 g/mol. The van der Waals surface area contributed by atoms with Crippen LogP contribution >= 0.6 is 0 Å². The highest BCUT2D eigenvalue weighted by atomic mass is 19.1. The Morgan fingerprint density at radius 2 is 2.15 bits per heavy atom. The van der Waals surface area contributed by atoms with E-state index in [-0.39, 0.29) is 11.9 Å². The zero-order valence-corrected chi connectivity index (χ0v) is 10.9. The van der Waals surface area contributed by atoms with Gasteiger partial charge in [-0.2, -0.15) is 5.10 Å². The summed E-state index contributed by atoms with van der Waals surface area (Å²) in [4.78, 5) is 0. The van der Waals surface area contributed by atoms with E-state index in [0.717, 1.165) is 12.8 Å². The topological polar surface area (TPSA) is 73.2 Å². The minimum Gasteiger partial charge on any atom is -0.487 e. The Morgan fingerprint density at radius 1 is 1.35 bits per heavy atom. The number of ether oxygens (including phenoxy) is 2. The van der Waals surface area contributed by atoms with Crippen molar-refractivity contribution in [2.45, 2.75) is 18.9 Å². The number of halogens is 1. The molecule has 1 aromatic carbocycles. The summed E-state index contributed by atoms with van der Waals surface area (Å²) in [7, 11) is 0. The van der Waals surface area contributed by atoms with Crippen LogP contribution < -0.4 is 10.5 Å². The van der Waals surface area contributed by atoms with Crippen molar-refractivity contribution in [2.75, 3.05) is 18.9 Å². The van der Waals surface area contributed by atoms with Crippen molar-refractivity contribution in [1.82, 2.24) is 10.2 Å². The standard InChI is InChI=1S/C14H16FN3O2/c15-12-7-9(11-8-17-18-14(11)16)1-2-13(12)20-10-3-5-19-6-4-10/h1-2,7-8,10H,3-6H2,(H3,16,17,18). The van der Waals surface area contributed by atoms with Gasteiger partial charge >= 0.3 is 0 Å². The number of aromatic amines is 1. The van der Waals surface area contributed by atoms with Crippen LogP contribution in [0, 0.1) is 5.82 Å². The fourth-order valence-corrected chi connectivity index (χ4v) is 2.26. The number of aromatic nitrogens is 2. The summed E-state index contributed by atoms with van der Waals surface area (Å²) in [5.74, 6) is 0.291. The highest BCUT2D eigenvalue weighted by Gasteiger charge is 2.17. The molecule has 0 amide bonds. The van der Waals surface area contributed by atoms with E-state index in [0.29, 0.717) is 30.2 Å². The fourth-order valence-electron chi connectivity index (χ4n) is 2.26. The summed E-state index contributed by atoms with van der Waals surface area (Å²) in [5.41, 5.74) is 7.08. The number of rotatable bonds is 3. The van der Waals surface area contributed by atoms with Crippen LogP contribution in [0.2, 0.25) is 0 Å². The Morgan fingerprint density at radius 3 is 2.80 bits per heavy atom. The Labute approximate surface area is 115 Å². The third-order valence-electron chi connectivity index (χ3n) is 3.37. The molecule has 1 fully saturated rings. The largest absolute Gasteiger partial charge is 0.487 e. The summed E-state index contributed by atoms with van der Waals surface area (Å²) < 4.78 is 25.0. The Hall–Kier alpha value is -2.08. The number of hydrogen-bond acceptors (Lipinski definition) is 4. The first-order valence-electron chi connectivity index (χ1n) is 6.57.